The van der Waals surface area contributed by atoms with Gasteiger partial charge in [-0.2, -0.15) is 0 Å². The predicted molar refractivity (Wildman–Crippen MR) is 113 cm³/mol. The van der Waals surface area contributed by atoms with Crippen molar-refractivity contribution in [1.82, 2.24) is 4.90 Å². The summed E-state index contributed by atoms with van der Waals surface area (Å²) in [5, 5.41) is 19.1. The highest BCUT2D eigenvalue weighted by Crippen LogP contribution is 2.27. The van der Waals surface area contributed by atoms with Crippen LogP contribution in [0.15, 0.2) is 11.3 Å². The minimum atomic E-state index is -0.475. The third kappa shape index (κ3) is 7.94. The quantitative estimate of drug-likeness (QED) is 0.178. The zero-order valence-corrected chi connectivity index (χ0v) is 18.2. The van der Waals surface area contributed by atoms with Gasteiger partial charge in [-0.15, -0.1) is 0 Å². The van der Waals surface area contributed by atoms with Gasteiger partial charge in [-0.1, -0.05) is 77.6 Å². The molecular formula is C23H41NO4. The Morgan fingerprint density at radius 3 is 1.71 bits per heavy atom. The Morgan fingerprint density at radius 1 is 0.893 bits per heavy atom. The van der Waals surface area contributed by atoms with Crippen molar-refractivity contribution in [3.05, 3.63) is 11.3 Å². The normalized spacial score (nSPS) is 20.1. The first kappa shape index (κ1) is 24.7. The van der Waals surface area contributed by atoms with Gasteiger partial charge in [0.15, 0.2) is 5.78 Å². The Kier molecular flexibility index (Phi) is 12.1. The van der Waals surface area contributed by atoms with Gasteiger partial charge in [0, 0.05) is 19.6 Å². The summed E-state index contributed by atoms with van der Waals surface area (Å²) in [5.74, 6) is -0.780. The fourth-order valence-electron chi connectivity index (χ4n) is 3.79. The van der Waals surface area contributed by atoms with Gasteiger partial charge in [-0.25, -0.2) is 0 Å². The number of aliphatic hydroxyl groups excluding tert-OH is 2. The van der Waals surface area contributed by atoms with E-state index >= 15 is 0 Å². The molecule has 5 heteroatoms. The number of rotatable bonds is 15. The number of carbonyl (C=O) groups excluding carboxylic acids is 2. The van der Waals surface area contributed by atoms with Crippen molar-refractivity contribution in [1.29, 1.82) is 0 Å². The van der Waals surface area contributed by atoms with Crippen molar-refractivity contribution in [2.45, 2.75) is 103 Å². The van der Waals surface area contributed by atoms with Crippen molar-refractivity contribution in [2.75, 3.05) is 13.7 Å². The maximum Gasteiger partial charge on any atom is 0.261 e. The number of amides is 1. The van der Waals surface area contributed by atoms with Crippen LogP contribution in [0.4, 0.5) is 0 Å². The Morgan fingerprint density at radius 2 is 1.32 bits per heavy atom. The van der Waals surface area contributed by atoms with Gasteiger partial charge < -0.3 is 15.1 Å². The van der Waals surface area contributed by atoms with Crippen LogP contribution >= 0.6 is 0 Å². The molecule has 2 unspecified atom stereocenters. The van der Waals surface area contributed by atoms with Gasteiger partial charge in [0.1, 0.15) is 11.3 Å². The van der Waals surface area contributed by atoms with E-state index in [2.05, 4.69) is 0 Å². The van der Waals surface area contributed by atoms with Crippen LogP contribution in [-0.2, 0) is 9.59 Å². The number of Topliss-reactive ketones (excluding diaryl/α,β-unsaturated/α-hetero) is 1. The largest absolute Gasteiger partial charge is 0.511 e. The van der Waals surface area contributed by atoms with Crippen LogP contribution in [0.2, 0.25) is 0 Å². The third-order valence-electron chi connectivity index (χ3n) is 6.01. The van der Waals surface area contributed by atoms with Crippen LogP contribution in [0.5, 0.6) is 0 Å². The van der Waals surface area contributed by atoms with E-state index in [1.807, 2.05) is 6.92 Å². The van der Waals surface area contributed by atoms with Crippen LogP contribution < -0.4 is 0 Å². The van der Waals surface area contributed by atoms with E-state index in [0.29, 0.717) is 6.61 Å². The number of nitrogens with zero attached hydrogens (tertiary/aromatic N) is 1. The Hall–Kier alpha value is -1.36. The molecule has 2 N–H and O–H groups in total. The first-order valence-electron chi connectivity index (χ1n) is 11.3. The van der Waals surface area contributed by atoms with Crippen molar-refractivity contribution in [2.24, 2.45) is 5.92 Å². The number of likely N-dealkylation sites (tertiary alicyclic amines) is 1. The van der Waals surface area contributed by atoms with E-state index < -0.39 is 6.04 Å². The minimum absolute atomic E-state index is 0.00105. The first-order chi connectivity index (χ1) is 13.4. The number of hydrogen-bond donors (Lipinski definition) is 2. The first-order valence-corrected chi connectivity index (χ1v) is 11.3. The molecule has 1 fully saturated rings. The molecule has 0 aromatic heterocycles. The second-order valence-electron chi connectivity index (χ2n) is 8.37. The zero-order valence-electron chi connectivity index (χ0n) is 18.2. The molecule has 1 saturated heterocycles. The van der Waals surface area contributed by atoms with E-state index in [1.165, 1.54) is 56.3 Å². The molecule has 5 nitrogen and oxygen atoms in total. The van der Waals surface area contributed by atoms with Gasteiger partial charge in [-0.3, -0.25) is 9.59 Å². The van der Waals surface area contributed by atoms with Gasteiger partial charge in [0.2, 0.25) is 0 Å². The van der Waals surface area contributed by atoms with E-state index in [1.54, 1.807) is 14.0 Å². The highest BCUT2D eigenvalue weighted by molar-refractivity contribution is 6.26. The summed E-state index contributed by atoms with van der Waals surface area (Å²) in [6.45, 7) is 3.91. The second-order valence-corrected chi connectivity index (χ2v) is 8.37. The molecule has 0 aromatic rings. The molecule has 0 aliphatic carbocycles. The lowest BCUT2D eigenvalue weighted by molar-refractivity contribution is -0.125. The smallest absolute Gasteiger partial charge is 0.261 e. The number of carbonyl (C=O) groups is 2. The number of unbranched alkanes of at least 4 members (excludes halogenated alkanes) is 11. The monoisotopic (exact) mass is 395 g/mol. The molecular weight excluding hydrogens is 354 g/mol. The predicted octanol–water partition coefficient (Wildman–Crippen LogP) is 4.93. The van der Waals surface area contributed by atoms with Gasteiger partial charge in [0.25, 0.3) is 5.91 Å². The average Bonchev–Trinajstić information content (AvgIpc) is 2.87. The van der Waals surface area contributed by atoms with Crippen LogP contribution in [-0.4, -0.2) is 46.5 Å². The van der Waals surface area contributed by atoms with E-state index in [4.69, 9.17) is 5.11 Å². The number of hydrogen-bond acceptors (Lipinski definition) is 4. The molecule has 1 aliphatic heterocycles. The van der Waals surface area contributed by atoms with E-state index in [9.17, 15) is 14.7 Å². The summed E-state index contributed by atoms with van der Waals surface area (Å²) in [7, 11) is 1.60. The molecule has 0 bridgehead atoms. The average molecular weight is 396 g/mol. The highest BCUT2D eigenvalue weighted by Gasteiger charge is 2.41. The van der Waals surface area contributed by atoms with Crippen molar-refractivity contribution < 1.29 is 19.8 Å². The molecule has 0 saturated carbocycles. The number of likely N-dealkylation sites (N-methyl/N-ethyl adjacent to an activating group) is 1. The van der Waals surface area contributed by atoms with Crippen LogP contribution in [0.25, 0.3) is 0 Å². The van der Waals surface area contributed by atoms with Crippen LogP contribution in [0.1, 0.15) is 97.3 Å². The lowest BCUT2D eigenvalue weighted by atomic mass is 9.95. The Bertz CT molecular complexity index is 493. The molecule has 0 aromatic carbocycles. The van der Waals surface area contributed by atoms with Gasteiger partial charge in [-0.05, 0) is 19.8 Å². The van der Waals surface area contributed by atoms with Crippen molar-refractivity contribution in [3.8, 4) is 0 Å². The summed E-state index contributed by atoms with van der Waals surface area (Å²) in [5.41, 5.74) is -0.00105. The molecule has 2 atom stereocenters. The van der Waals surface area contributed by atoms with Crippen LogP contribution in [0, 0.1) is 5.92 Å². The van der Waals surface area contributed by atoms with Gasteiger partial charge >= 0.3 is 0 Å². The Balaban J connectivity index is 2.09. The van der Waals surface area contributed by atoms with E-state index in [-0.39, 0.29) is 28.9 Å². The molecule has 1 aliphatic rings. The minimum Gasteiger partial charge on any atom is -0.511 e. The lowest BCUT2D eigenvalue weighted by Gasteiger charge is -2.13. The summed E-state index contributed by atoms with van der Waals surface area (Å²) < 4.78 is 0. The summed E-state index contributed by atoms with van der Waals surface area (Å²) >= 11 is 0. The summed E-state index contributed by atoms with van der Waals surface area (Å²) in [4.78, 5) is 25.7. The third-order valence-corrected chi connectivity index (χ3v) is 6.01. The fourth-order valence-corrected chi connectivity index (χ4v) is 3.79. The van der Waals surface area contributed by atoms with Crippen molar-refractivity contribution in [3.63, 3.8) is 0 Å². The molecule has 1 heterocycles. The maximum absolute atomic E-state index is 12.2. The molecule has 0 radical (unpaired) electrons. The van der Waals surface area contributed by atoms with Gasteiger partial charge in [0.05, 0.1) is 6.04 Å². The second kappa shape index (κ2) is 13.8. The number of allylic oxidation sites excluding steroid dienone is 1. The maximum atomic E-state index is 12.2. The molecule has 28 heavy (non-hydrogen) atoms. The SMILES string of the molecule is CC(CCCCCCCCCCCCCCO)/C(O)=C1\C(=O)C(C)N(C)C1=O. The lowest BCUT2D eigenvalue weighted by Crippen LogP contribution is -2.28. The zero-order chi connectivity index (χ0) is 20.9. The molecule has 162 valence electrons. The van der Waals surface area contributed by atoms with Crippen LogP contribution in [0.3, 0.4) is 0 Å². The summed E-state index contributed by atoms with van der Waals surface area (Å²) in [6.07, 6.45) is 15.2. The molecule has 0 spiro atoms. The van der Waals surface area contributed by atoms with Crippen molar-refractivity contribution >= 4 is 11.7 Å². The number of aliphatic hydroxyl groups is 2. The molecule has 1 amide bonds. The molecule has 1 rings (SSSR count). The highest BCUT2D eigenvalue weighted by atomic mass is 16.3. The number of ketones is 1. The standard InChI is InChI=1S/C23H41NO4/c1-18(21(26)20-22(27)19(2)24(3)23(20)28)16-14-12-10-8-6-4-5-7-9-11-13-15-17-25/h18-19,25-26H,4-17H2,1-3H3/b21-20-. The fraction of sp³-hybridized carbons (Fsp3) is 0.826. The summed E-state index contributed by atoms with van der Waals surface area (Å²) in [6, 6.07) is -0.475. The Labute approximate surface area is 171 Å². The topological polar surface area (TPSA) is 77.8 Å². The van der Waals surface area contributed by atoms with E-state index in [0.717, 1.165) is 32.1 Å².